The van der Waals surface area contributed by atoms with Gasteiger partial charge in [0.1, 0.15) is 5.82 Å². The molecule has 30 heavy (non-hydrogen) atoms. The Bertz CT molecular complexity index is 1040. The molecule has 4 aliphatic rings. The quantitative estimate of drug-likeness (QED) is 0.820. The molecule has 2 aromatic rings. The van der Waals surface area contributed by atoms with E-state index >= 15 is 0 Å². The Morgan fingerprint density at radius 3 is 2.87 bits per heavy atom. The second kappa shape index (κ2) is 6.43. The van der Waals surface area contributed by atoms with Crippen LogP contribution in [-0.2, 0) is 0 Å². The van der Waals surface area contributed by atoms with Gasteiger partial charge in [0, 0.05) is 32.0 Å². The normalized spacial score (nSPS) is 31.3. The number of hydrogen-bond donors (Lipinski definition) is 1. The summed E-state index contributed by atoms with van der Waals surface area (Å²) >= 11 is 5.97. The van der Waals surface area contributed by atoms with Crippen LogP contribution in [0.4, 0.5) is 11.5 Å². The highest BCUT2D eigenvalue weighted by atomic mass is 35.5. The smallest absolute Gasteiger partial charge is 0.256 e. The molecule has 7 nitrogen and oxygen atoms in total. The summed E-state index contributed by atoms with van der Waals surface area (Å²) in [5.74, 6) is 1.53. The number of para-hydroxylation sites is 1. The van der Waals surface area contributed by atoms with Crippen molar-refractivity contribution in [1.82, 2.24) is 14.9 Å². The van der Waals surface area contributed by atoms with Crippen molar-refractivity contribution in [2.45, 2.75) is 24.9 Å². The zero-order valence-electron chi connectivity index (χ0n) is 16.7. The molecule has 1 aromatic heterocycles. The highest BCUT2D eigenvalue weighted by Crippen LogP contribution is 2.71. The lowest BCUT2D eigenvalue weighted by atomic mass is 9.71. The number of aromatic nitrogens is 1. The second-order valence-electron chi connectivity index (χ2n) is 8.80. The van der Waals surface area contributed by atoms with Gasteiger partial charge in [-0.3, -0.25) is 4.79 Å². The van der Waals surface area contributed by atoms with Crippen LogP contribution in [-0.4, -0.2) is 59.2 Å². The maximum atomic E-state index is 13.7. The Morgan fingerprint density at radius 1 is 1.23 bits per heavy atom. The molecule has 0 bridgehead atoms. The molecule has 2 aliphatic heterocycles. The number of carbonyl (C=O) groups is 1. The molecule has 3 fully saturated rings. The Balaban J connectivity index is 1.27. The predicted molar refractivity (Wildman–Crippen MR) is 117 cm³/mol. The second-order valence-corrected chi connectivity index (χ2v) is 9.23. The van der Waals surface area contributed by atoms with E-state index in [4.69, 9.17) is 11.6 Å². The molecule has 4 unspecified atom stereocenters. The van der Waals surface area contributed by atoms with Crippen LogP contribution in [0.2, 0.25) is 5.02 Å². The van der Waals surface area contributed by atoms with Gasteiger partial charge < -0.3 is 10.2 Å². The first kappa shape index (κ1) is 18.2. The van der Waals surface area contributed by atoms with E-state index in [0.717, 1.165) is 31.0 Å². The molecule has 1 spiro atoms. The minimum atomic E-state index is 0.0910. The number of hydrazine groups is 1. The summed E-state index contributed by atoms with van der Waals surface area (Å²) in [6.07, 6.45) is 5.83. The molecule has 1 N–H and O–H groups in total. The highest BCUT2D eigenvalue weighted by Gasteiger charge is 2.75. The van der Waals surface area contributed by atoms with Crippen LogP contribution in [0.3, 0.4) is 0 Å². The van der Waals surface area contributed by atoms with Gasteiger partial charge in [0.25, 0.3) is 5.91 Å². The van der Waals surface area contributed by atoms with Crippen molar-refractivity contribution in [2.24, 2.45) is 16.4 Å². The molecule has 1 saturated heterocycles. The van der Waals surface area contributed by atoms with Gasteiger partial charge in [-0.2, -0.15) is 15.2 Å². The third kappa shape index (κ3) is 2.58. The number of nitrogens with one attached hydrogen (secondary N) is 1. The van der Waals surface area contributed by atoms with E-state index in [0.29, 0.717) is 21.9 Å². The lowest BCUT2D eigenvalue weighted by Crippen LogP contribution is -2.60. The van der Waals surface area contributed by atoms with E-state index in [1.807, 2.05) is 59.8 Å². The average Bonchev–Trinajstić information content (AvgIpc) is 3.19. The number of rotatable bonds is 4. The average molecular weight is 423 g/mol. The van der Waals surface area contributed by atoms with Gasteiger partial charge >= 0.3 is 0 Å². The van der Waals surface area contributed by atoms with Crippen molar-refractivity contribution < 1.29 is 4.79 Å². The van der Waals surface area contributed by atoms with Crippen molar-refractivity contribution in [3.63, 3.8) is 0 Å². The molecule has 4 atom stereocenters. The standard InChI is InChI=1S/C22H23ClN6O/c1-27-9-8-25-29(27)18-5-3-2-4-16(18)21(30)28-13-14-10-22(14)11-17(20(22)28)26-19-7-6-15(23)12-24-19/h2-8,12,14,17,20H,9-11,13H2,1H3,(H,24,26). The minimum Gasteiger partial charge on any atom is -0.365 e. The summed E-state index contributed by atoms with van der Waals surface area (Å²) in [5, 5.41) is 12.4. The molecule has 0 radical (unpaired) electrons. The molecule has 6 rings (SSSR count). The molecule has 154 valence electrons. The van der Waals surface area contributed by atoms with E-state index in [9.17, 15) is 4.79 Å². The third-order valence-corrected chi connectivity index (χ3v) is 7.36. The molecule has 2 saturated carbocycles. The number of halogens is 1. The fourth-order valence-electron chi connectivity index (χ4n) is 5.64. The highest BCUT2D eigenvalue weighted by molar-refractivity contribution is 6.30. The molecule has 1 aromatic carbocycles. The monoisotopic (exact) mass is 422 g/mol. The van der Waals surface area contributed by atoms with Crippen LogP contribution in [0.15, 0.2) is 47.7 Å². The summed E-state index contributed by atoms with van der Waals surface area (Å²) in [6, 6.07) is 11.9. The first-order valence-corrected chi connectivity index (χ1v) is 10.8. The minimum absolute atomic E-state index is 0.0910. The number of pyridine rings is 1. The van der Waals surface area contributed by atoms with Gasteiger partial charge in [0.2, 0.25) is 0 Å². The molecule has 3 heterocycles. The van der Waals surface area contributed by atoms with Crippen LogP contribution in [0, 0.1) is 11.3 Å². The number of likely N-dealkylation sites (tertiary alicyclic amines) is 1. The molecule has 8 heteroatoms. The fraction of sp³-hybridized carbons (Fsp3) is 0.409. The number of amides is 1. The Morgan fingerprint density at radius 2 is 2.10 bits per heavy atom. The topological polar surface area (TPSA) is 64.1 Å². The molecular weight excluding hydrogens is 400 g/mol. The first-order chi connectivity index (χ1) is 14.6. The van der Waals surface area contributed by atoms with Crippen LogP contribution >= 0.6 is 11.6 Å². The molecule has 2 aliphatic carbocycles. The van der Waals surface area contributed by atoms with Crippen LogP contribution in [0.25, 0.3) is 0 Å². The number of anilines is 2. The maximum Gasteiger partial charge on any atom is 0.256 e. The molecule has 1 amide bonds. The summed E-state index contributed by atoms with van der Waals surface area (Å²) in [4.78, 5) is 20.2. The lowest BCUT2D eigenvalue weighted by molar-refractivity contribution is 0.0471. The van der Waals surface area contributed by atoms with Crippen molar-refractivity contribution in [3.8, 4) is 0 Å². The largest absolute Gasteiger partial charge is 0.365 e. The number of piperidine rings is 1. The number of benzene rings is 1. The van der Waals surface area contributed by atoms with Crippen LogP contribution < -0.4 is 10.4 Å². The SMILES string of the molecule is CN1CC=NN1c1ccccc1C(=O)N1CC2CC23CC(Nc2ccc(Cl)cn2)C13. The number of nitrogens with zero attached hydrogens (tertiary/aromatic N) is 5. The Kier molecular flexibility index (Phi) is 3.89. The Labute approximate surface area is 180 Å². The van der Waals surface area contributed by atoms with Crippen molar-refractivity contribution in [3.05, 3.63) is 53.2 Å². The van der Waals surface area contributed by atoms with E-state index in [1.165, 1.54) is 6.42 Å². The van der Waals surface area contributed by atoms with Crippen molar-refractivity contribution in [2.75, 3.05) is 30.6 Å². The van der Waals surface area contributed by atoms with Crippen molar-refractivity contribution in [1.29, 1.82) is 0 Å². The maximum absolute atomic E-state index is 13.7. The van der Waals surface area contributed by atoms with Crippen LogP contribution in [0.5, 0.6) is 0 Å². The summed E-state index contributed by atoms with van der Waals surface area (Å²) in [5.41, 5.74) is 1.84. The van der Waals surface area contributed by atoms with Gasteiger partial charge in [-0.15, -0.1) is 0 Å². The van der Waals surface area contributed by atoms with E-state index in [2.05, 4.69) is 20.3 Å². The van der Waals surface area contributed by atoms with Gasteiger partial charge in [-0.25, -0.2) is 4.98 Å². The van der Waals surface area contributed by atoms with Gasteiger partial charge in [-0.05, 0) is 48.4 Å². The zero-order valence-corrected chi connectivity index (χ0v) is 17.5. The van der Waals surface area contributed by atoms with Crippen molar-refractivity contribution >= 4 is 35.2 Å². The third-order valence-electron chi connectivity index (χ3n) is 7.13. The number of hydrogen-bond acceptors (Lipinski definition) is 6. The molecular formula is C22H23ClN6O. The zero-order chi connectivity index (χ0) is 20.5. The van der Waals surface area contributed by atoms with Gasteiger partial charge in [0.05, 0.1) is 28.9 Å². The first-order valence-electron chi connectivity index (χ1n) is 10.4. The summed E-state index contributed by atoms with van der Waals surface area (Å²) in [7, 11) is 1.97. The van der Waals surface area contributed by atoms with E-state index in [-0.39, 0.29) is 18.0 Å². The van der Waals surface area contributed by atoms with Crippen LogP contribution in [0.1, 0.15) is 23.2 Å². The van der Waals surface area contributed by atoms with Gasteiger partial charge in [0.15, 0.2) is 0 Å². The summed E-state index contributed by atoms with van der Waals surface area (Å²) in [6.45, 7) is 1.57. The van der Waals surface area contributed by atoms with E-state index < -0.39 is 0 Å². The lowest BCUT2D eigenvalue weighted by Gasteiger charge is -2.48. The van der Waals surface area contributed by atoms with Gasteiger partial charge in [-0.1, -0.05) is 23.7 Å². The number of carbonyl (C=O) groups excluding carboxylic acids is 1. The number of hydrazone groups is 1. The fourth-order valence-corrected chi connectivity index (χ4v) is 5.75. The summed E-state index contributed by atoms with van der Waals surface area (Å²) < 4.78 is 0. The van der Waals surface area contributed by atoms with E-state index in [1.54, 1.807) is 6.20 Å². The Hall–Kier alpha value is -2.64. The predicted octanol–water partition coefficient (Wildman–Crippen LogP) is 3.10.